The molecule has 9 heavy (non-hydrogen) atoms. The summed E-state index contributed by atoms with van der Waals surface area (Å²) in [5.74, 6) is -0.251. The van der Waals surface area contributed by atoms with Gasteiger partial charge in [-0.1, -0.05) is 0 Å². The van der Waals surface area contributed by atoms with Crippen molar-refractivity contribution in [1.82, 2.24) is 0 Å². The first-order valence-electron chi connectivity index (χ1n) is 2.48. The van der Waals surface area contributed by atoms with Gasteiger partial charge >= 0.3 is 74.1 Å². The quantitative estimate of drug-likeness (QED) is 0.552. The molecule has 0 spiro atoms. The second-order valence-electron chi connectivity index (χ2n) is 1.31. The van der Waals surface area contributed by atoms with Crippen LogP contribution in [0.3, 0.4) is 0 Å². The van der Waals surface area contributed by atoms with Crippen LogP contribution in [0.15, 0.2) is 24.3 Å². The van der Waals surface area contributed by atoms with E-state index in [1.165, 1.54) is 6.08 Å². The van der Waals surface area contributed by atoms with Gasteiger partial charge in [-0.25, -0.2) is 0 Å². The summed E-state index contributed by atoms with van der Waals surface area (Å²) >= 11 is 0.279. The molecule has 47 valence electrons. The van der Waals surface area contributed by atoms with E-state index in [1.54, 1.807) is 12.2 Å². The van der Waals surface area contributed by atoms with E-state index in [-0.39, 0.29) is 35.9 Å². The molecule has 0 rings (SSSR count). The number of hydrogen-bond donors (Lipinski definition) is 0. The topological polar surface area (TPSA) is 26.3 Å². The van der Waals surface area contributed by atoms with Gasteiger partial charge in [0.15, 0.2) is 0 Å². The number of hydrogen-bond acceptors (Lipinski definition) is 2. The Kier molecular flexibility index (Phi) is 6.13. The molecule has 0 aromatic carbocycles. The molecule has 2 nitrogen and oxygen atoms in total. The van der Waals surface area contributed by atoms with E-state index >= 15 is 0 Å². The first-order valence-corrected chi connectivity index (χ1v) is 4.18. The molecule has 0 atom stereocenters. The Morgan fingerprint density at radius 3 is 2.67 bits per heavy atom. The third-order valence-electron chi connectivity index (χ3n) is 0.636. The monoisotopic (exact) mass is 349 g/mol. The molecule has 0 bridgehead atoms. The molecular weight excluding hydrogens is 342 g/mol. The Hall–Kier alpha value is 0.00195. The van der Waals surface area contributed by atoms with Gasteiger partial charge in [-0.15, -0.1) is 0 Å². The standard InChI is InChI=1S/C6H8O2.U/c1-2-3-4-5-6(7)8;/h2-5H,1H3,(H,7,8);/q;+1/p-1/b3-2+,5-4+;. The summed E-state index contributed by atoms with van der Waals surface area (Å²) in [6.07, 6.45) is 6.69. The fourth-order valence-electron chi connectivity index (χ4n) is 0.279. The van der Waals surface area contributed by atoms with Gasteiger partial charge in [-0.05, 0) is 0 Å². The van der Waals surface area contributed by atoms with Crippen LogP contribution >= 0.6 is 0 Å². The van der Waals surface area contributed by atoms with E-state index in [9.17, 15) is 4.79 Å². The Balaban J connectivity index is 3.57. The van der Waals surface area contributed by atoms with Crippen LogP contribution in [0.5, 0.6) is 0 Å². The van der Waals surface area contributed by atoms with E-state index in [0.29, 0.717) is 0 Å². The van der Waals surface area contributed by atoms with Gasteiger partial charge in [0, 0.05) is 0 Å². The van der Waals surface area contributed by atoms with Crippen LogP contribution in [-0.2, 0) is 7.04 Å². The molecule has 0 saturated heterocycles. The van der Waals surface area contributed by atoms with Crippen molar-refractivity contribution in [3.63, 3.8) is 0 Å². The van der Waals surface area contributed by atoms with Crippen LogP contribution in [0.25, 0.3) is 0 Å². The van der Waals surface area contributed by atoms with Crippen LogP contribution < -0.4 is 0 Å². The molecule has 0 saturated carbocycles. The Morgan fingerprint density at radius 2 is 2.22 bits per heavy atom. The van der Waals surface area contributed by atoms with E-state index in [4.69, 9.17) is 0 Å². The molecule has 3 heteroatoms. The third-order valence-corrected chi connectivity index (χ3v) is 1.47. The van der Waals surface area contributed by atoms with Crippen molar-refractivity contribution in [3.8, 4) is 0 Å². The number of carbonyl (C=O) groups excluding carboxylic acids is 1. The second kappa shape index (κ2) is 6.13. The van der Waals surface area contributed by atoms with Gasteiger partial charge in [-0.2, -0.15) is 0 Å². The first kappa shape index (κ1) is 9.00. The summed E-state index contributed by atoms with van der Waals surface area (Å²) < 4.78 is 4.51. The average molecular weight is 349 g/mol. The van der Waals surface area contributed by atoms with Gasteiger partial charge in [0.05, 0.1) is 0 Å². The fraction of sp³-hybridized carbons (Fsp3) is 0.167. The molecule has 0 aliphatic rings. The normalized spacial score (nSPS) is 11.0. The van der Waals surface area contributed by atoms with E-state index in [0.717, 1.165) is 0 Å². The van der Waals surface area contributed by atoms with E-state index < -0.39 is 0 Å². The molecule has 0 aromatic rings. The number of rotatable bonds is 2. The van der Waals surface area contributed by atoms with Crippen LogP contribution in [0.4, 0.5) is 0 Å². The van der Waals surface area contributed by atoms with Crippen molar-refractivity contribution in [2.45, 2.75) is 6.92 Å². The van der Waals surface area contributed by atoms with Crippen LogP contribution in [0.2, 0.25) is 0 Å². The van der Waals surface area contributed by atoms with Gasteiger partial charge in [0.2, 0.25) is 0 Å². The summed E-state index contributed by atoms with van der Waals surface area (Å²) in [4.78, 5) is 10.4. The predicted molar refractivity (Wildman–Crippen MR) is 30.0 cm³/mol. The Morgan fingerprint density at radius 1 is 1.56 bits per heavy atom. The minimum atomic E-state index is -0.251. The average Bonchev–Trinajstić information content (AvgIpc) is 1.89. The van der Waals surface area contributed by atoms with Crippen molar-refractivity contribution in [3.05, 3.63) is 24.3 Å². The van der Waals surface area contributed by atoms with Gasteiger partial charge in [-0.3, -0.25) is 0 Å². The molecule has 0 radical (unpaired) electrons. The summed E-state index contributed by atoms with van der Waals surface area (Å²) in [5, 5.41) is 0. The third kappa shape index (κ3) is 5.88. The molecule has 0 aliphatic carbocycles. The molecule has 0 fully saturated rings. The van der Waals surface area contributed by atoms with Gasteiger partial charge in [0.1, 0.15) is 0 Å². The van der Waals surface area contributed by atoms with Crippen molar-refractivity contribution < 1.29 is 37.0 Å². The summed E-state index contributed by atoms with van der Waals surface area (Å²) in [6, 6.07) is 0. The van der Waals surface area contributed by atoms with Crippen LogP contribution in [0.1, 0.15) is 6.92 Å². The zero-order chi connectivity index (χ0) is 7.11. The zero-order valence-electron chi connectivity index (χ0n) is 5.13. The number of carbonyl (C=O) groups is 1. The van der Waals surface area contributed by atoms with Crippen molar-refractivity contribution in [2.24, 2.45) is 0 Å². The molecule has 0 N–H and O–H groups in total. The minimum absolute atomic E-state index is 0.251. The molecule has 0 aliphatic heterocycles. The summed E-state index contributed by atoms with van der Waals surface area (Å²) in [6.45, 7) is 1.89. The van der Waals surface area contributed by atoms with E-state index in [1.807, 2.05) is 13.0 Å². The SMILES string of the molecule is C/C=C/C=C/C(=O)[O][U]. The zero-order valence-corrected chi connectivity index (χ0v) is 9.29. The second-order valence-corrected chi connectivity index (χ2v) is 2.16. The maximum absolute atomic E-state index is 10.4. The van der Waals surface area contributed by atoms with Crippen molar-refractivity contribution in [2.75, 3.05) is 0 Å². The predicted octanol–water partition coefficient (Wildman–Crippen LogP) is 1.13. The Bertz CT molecular complexity index is 138. The maximum atomic E-state index is 10.4. The summed E-state index contributed by atoms with van der Waals surface area (Å²) in [7, 11) is 0. The molecule has 0 aromatic heterocycles. The van der Waals surface area contributed by atoms with Crippen molar-refractivity contribution in [1.29, 1.82) is 0 Å². The van der Waals surface area contributed by atoms with Crippen LogP contribution in [0, 0.1) is 29.9 Å². The van der Waals surface area contributed by atoms with Crippen LogP contribution in [-0.4, -0.2) is 5.97 Å². The van der Waals surface area contributed by atoms with E-state index in [2.05, 4.69) is 2.24 Å². The number of allylic oxidation sites excluding steroid dienone is 3. The van der Waals surface area contributed by atoms with Gasteiger partial charge in [0.25, 0.3) is 0 Å². The summed E-state index contributed by atoms with van der Waals surface area (Å²) in [5.41, 5.74) is 0. The molecular formula is C6H7O2U. The van der Waals surface area contributed by atoms with Gasteiger partial charge < -0.3 is 0 Å². The molecule has 0 heterocycles. The molecule has 0 amide bonds. The fourth-order valence-corrected chi connectivity index (χ4v) is 0.563. The van der Waals surface area contributed by atoms with Crippen molar-refractivity contribution >= 4 is 5.97 Å². The first-order chi connectivity index (χ1) is 4.31. The Labute approximate surface area is 74.0 Å². The molecule has 0 unspecified atom stereocenters.